The minimum absolute atomic E-state index is 0.240. The second-order valence-corrected chi connectivity index (χ2v) is 5.02. The molecule has 2 aliphatic heterocycles. The van der Waals surface area contributed by atoms with Gasteiger partial charge in [0, 0.05) is 11.5 Å². The summed E-state index contributed by atoms with van der Waals surface area (Å²) >= 11 is 5.21. The fraction of sp³-hybridized carbons (Fsp3) is 0.417. The normalized spacial score (nSPS) is 35.5. The standard InChI is InChI=1S/C12H14N2OS/c1-7-10-8-5-3-4-6-9(8)15-12(7,2)14-11(16)13-10/h3-7,10H,1-2H3,(H2,13,14,16)/t7-,10+,12-/m0/s1. The Bertz CT molecular complexity index is 462. The fourth-order valence-corrected chi connectivity index (χ4v) is 2.81. The van der Waals surface area contributed by atoms with E-state index in [9.17, 15) is 0 Å². The molecule has 0 aromatic heterocycles. The maximum absolute atomic E-state index is 6.03. The molecule has 1 aromatic rings. The topological polar surface area (TPSA) is 33.3 Å². The first kappa shape index (κ1) is 9.90. The van der Waals surface area contributed by atoms with E-state index in [4.69, 9.17) is 17.0 Å². The first-order valence-corrected chi connectivity index (χ1v) is 5.87. The highest BCUT2D eigenvalue weighted by Crippen LogP contribution is 2.43. The van der Waals surface area contributed by atoms with Crippen molar-refractivity contribution in [2.45, 2.75) is 25.6 Å². The molecule has 0 spiro atoms. The van der Waals surface area contributed by atoms with E-state index in [-0.39, 0.29) is 6.04 Å². The number of para-hydroxylation sites is 1. The van der Waals surface area contributed by atoms with Crippen molar-refractivity contribution < 1.29 is 4.74 Å². The number of ether oxygens (including phenoxy) is 1. The van der Waals surface area contributed by atoms with Crippen LogP contribution in [0.25, 0.3) is 0 Å². The number of hydrogen-bond acceptors (Lipinski definition) is 2. The third kappa shape index (κ3) is 1.23. The maximum atomic E-state index is 6.03. The summed E-state index contributed by atoms with van der Waals surface area (Å²) in [4.78, 5) is 0. The van der Waals surface area contributed by atoms with E-state index < -0.39 is 5.72 Å². The quantitative estimate of drug-likeness (QED) is 0.672. The van der Waals surface area contributed by atoms with Crippen LogP contribution in [0.15, 0.2) is 24.3 Å². The molecule has 1 aromatic carbocycles. The molecule has 0 saturated carbocycles. The van der Waals surface area contributed by atoms with Crippen molar-refractivity contribution >= 4 is 17.3 Å². The lowest BCUT2D eigenvalue weighted by Gasteiger charge is -2.50. The molecule has 2 N–H and O–H groups in total. The van der Waals surface area contributed by atoms with E-state index >= 15 is 0 Å². The minimum Gasteiger partial charge on any atom is -0.468 e. The van der Waals surface area contributed by atoms with Gasteiger partial charge in [0.2, 0.25) is 0 Å². The molecular formula is C12H14N2OS. The summed E-state index contributed by atoms with van der Waals surface area (Å²) in [5, 5.41) is 7.20. The summed E-state index contributed by atoms with van der Waals surface area (Å²) in [6.07, 6.45) is 0. The van der Waals surface area contributed by atoms with Crippen LogP contribution in [-0.2, 0) is 0 Å². The zero-order valence-corrected chi connectivity index (χ0v) is 10.1. The van der Waals surface area contributed by atoms with Crippen molar-refractivity contribution in [3.05, 3.63) is 29.8 Å². The Hall–Kier alpha value is -1.29. The molecule has 16 heavy (non-hydrogen) atoms. The van der Waals surface area contributed by atoms with E-state index in [0.717, 1.165) is 5.75 Å². The van der Waals surface area contributed by atoms with Gasteiger partial charge in [-0.15, -0.1) is 0 Å². The summed E-state index contributed by atoms with van der Waals surface area (Å²) in [6, 6.07) is 8.36. The largest absolute Gasteiger partial charge is 0.468 e. The molecular weight excluding hydrogens is 220 g/mol. The fourth-order valence-electron chi connectivity index (χ4n) is 2.48. The molecule has 2 bridgehead atoms. The Labute approximate surface area is 100 Å². The predicted octanol–water partition coefficient (Wildman–Crippen LogP) is 1.95. The molecule has 3 atom stereocenters. The van der Waals surface area contributed by atoms with Gasteiger partial charge in [-0.25, -0.2) is 0 Å². The number of hydrogen-bond donors (Lipinski definition) is 2. The van der Waals surface area contributed by atoms with Gasteiger partial charge in [-0.1, -0.05) is 25.1 Å². The third-order valence-electron chi connectivity index (χ3n) is 3.59. The molecule has 1 saturated heterocycles. The second kappa shape index (κ2) is 3.10. The van der Waals surface area contributed by atoms with Crippen LogP contribution in [0, 0.1) is 5.92 Å². The number of nitrogens with one attached hydrogen (secondary N) is 2. The predicted molar refractivity (Wildman–Crippen MR) is 66.2 cm³/mol. The molecule has 84 valence electrons. The monoisotopic (exact) mass is 234 g/mol. The Morgan fingerprint density at radius 1 is 1.38 bits per heavy atom. The van der Waals surface area contributed by atoms with Crippen LogP contribution in [0.5, 0.6) is 5.75 Å². The van der Waals surface area contributed by atoms with Crippen molar-refractivity contribution in [2.75, 3.05) is 0 Å². The maximum Gasteiger partial charge on any atom is 0.184 e. The van der Waals surface area contributed by atoms with Crippen LogP contribution in [0.1, 0.15) is 25.5 Å². The summed E-state index contributed by atoms with van der Waals surface area (Å²) in [5.41, 5.74) is 0.790. The van der Waals surface area contributed by atoms with Crippen molar-refractivity contribution in [1.82, 2.24) is 10.6 Å². The van der Waals surface area contributed by atoms with Gasteiger partial charge in [0.05, 0.1) is 6.04 Å². The van der Waals surface area contributed by atoms with Crippen LogP contribution in [0.2, 0.25) is 0 Å². The Balaban J connectivity index is 2.15. The molecule has 4 heteroatoms. The molecule has 3 nitrogen and oxygen atoms in total. The van der Waals surface area contributed by atoms with E-state index in [1.54, 1.807) is 0 Å². The molecule has 2 aliphatic rings. The van der Waals surface area contributed by atoms with Crippen molar-refractivity contribution in [2.24, 2.45) is 5.92 Å². The summed E-state index contributed by atoms with van der Waals surface area (Å²) in [7, 11) is 0. The van der Waals surface area contributed by atoms with Crippen molar-refractivity contribution in [3.63, 3.8) is 0 Å². The molecule has 0 unspecified atom stereocenters. The first-order valence-electron chi connectivity index (χ1n) is 5.47. The zero-order chi connectivity index (χ0) is 11.3. The number of rotatable bonds is 0. The molecule has 0 aliphatic carbocycles. The van der Waals surface area contributed by atoms with Crippen LogP contribution in [0.3, 0.4) is 0 Å². The summed E-state index contributed by atoms with van der Waals surface area (Å²) < 4.78 is 6.03. The van der Waals surface area contributed by atoms with Gasteiger partial charge >= 0.3 is 0 Å². The number of benzene rings is 1. The minimum atomic E-state index is -0.401. The van der Waals surface area contributed by atoms with Crippen LogP contribution < -0.4 is 15.4 Å². The molecule has 0 amide bonds. The third-order valence-corrected chi connectivity index (χ3v) is 3.81. The van der Waals surface area contributed by atoms with E-state index in [2.05, 4.69) is 23.6 Å². The van der Waals surface area contributed by atoms with Gasteiger partial charge in [-0.05, 0) is 25.2 Å². The van der Waals surface area contributed by atoms with Crippen molar-refractivity contribution in [3.8, 4) is 5.75 Å². The number of fused-ring (bicyclic) bond motifs is 4. The lowest BCUT2D eigenvalue weighted by Crippen LogP contribution is -2.67. The van der Waals surface area contributed by atoms with Gasteiger partial charge in [0.1, 0.15) is 5.75 Å². The number of thiocarbonyl (C=S) groups is 1. The zero-order valence-electron chi connectivity index (χ0n) is 9.28. The summed E-state index contributed by atoms with van der Waals surface area (Å²) in [5.74, 6) is 1.27. The van der Waals surface area contributed by atoms with E-state index in [1.165, 1.54) is 5.56 Å². The SMILES string of the molecule is C[C@H]1[C@H]2NC(=S)N[C@@]1(C)Oc1ccccc12. The van der Waals surface area contributed by atoms with Crippen LogP contribution >= 0.6 is 12.2 Å². The Morgan fingerprint density at radius 2 is 2.12 bits per heavy atom. The van der Waals surface area contributed by atoms with E-state index in [1.807, 2.05) is 25.1 Å². The van der Waals surface area contributed by atoms with Crippen LogP contribution in [-0.4, -0.2) is 10.8 Å². The average Bonchev–Trinajstić information content (AvgIpc) is 2.22. The summed E-state index contributed by atoms with van der Waals surface area (Å²) in [6.45, 7) is 4.22. The molecule has 2 heterocycles. The highest BCUT2D eigenvalue weighted by Gasteiger charge is 2.48. The second-order valence-electron chi connectivity index (χ2n) is 4.61. The molecule has 0 radical (unpaired) electrons. The highest BCUT2D eigenvalue weighted by atomic mass is 32.1. The lowest BCUT2D eigenvalue weighted by atomic mass is 9.82. The van der Waals surface area contributed by atoms with Crippen LogP contribution in [0.4, 0.5) is 0 Å². The van der Waals surface area contributed by atoms with E-state index in [0.29, 0.717) is 11.0 Å². The van der Waals surface area contributed by atoms with Crippen molar-refractivity contribution in [1.29, 1.82) is 0 Å². The van der Waals surface area contributed by atoms with Gasteiger partial charge in [-0.2, -0.15) is 0 Å². The smallest absolute Gasteiger partial charge is 0.184 e. The first-order chi connectivity index (χ1) is 7.60. The highest BCUT2D eigenvalue weighted by molar-refractivity contribution is 7.80. The van der Waals surface area contributed by atoms with Gasteiger partial charge in [0.25, 0.3) is 0 Å². The Morgan fingerprint density at radius 3 is 2.94 bits per heavy atom. The molecule has 1 fully saturated rings. The van der Waals surface area contributed by atoms with Gasteiger partial charge in [0.15, 0.2) is 10.8 Å². The van der Waals surface area contributed by atoms with Gasteiger partial charge < -0.3 is 15.4 Å². The molecule has 3 rings (SSSR count). The average molecular weight is 234 g/mol. The van der Waals surface area contributed by atoms with Gasteiger partial charge in [-0.3, -0.25) is 0 Å². The Kier molecular flexibility index (Phi) is 1.92. The lowest BCUT2D eigenvalue weighted by molar-refractivity contribution is -0.0262.